The Morgan fingerprint density at radius 2 is 1.69 bits per heavy atom. The molecule has 0 aliphatic heterocycles. The lowest BCUT2D eigenvalue weighted by Crippen LogP contribution is -2.60. The predicted molar refractivity (Wildman–Crippen MR) is 67.1 cm³/mol. The third-order valence-corrected chi connectivity index (χ3v) is 3.66. The molecule has 0 aliphatic rings. The Bertz CT molecular complexity index is 269. The van der Waals surface area contributed by atoms with Gasteiger partial charge in [0.1, 0.15) is 5.60 Å². The summed E-state index contributed by atoms with van der Waals surface area (Å²) in [5, 5.41) is 0. The first kappa shape index (κ1) is 15.2. The highest BCUT2D eigenvalue weighted by Crippen LogP contribution is 2.33. The average Bonchev–Trinajstić information content (AvgIpc) is 2.27. The highest BCUT2D eigenvalue weighted by atomic mass is 16.6. The number of nitrogens with two attached hydrogens (primary N) is 1. The molecule has 0 aliphatic carbocycles. The fourth-order valence-corrected chi connectivity index (χ4v) is 1.82. The summed E-state index contributed by atoms with van der Waals surface area (Å²) in [5.74, 6) is -0.360. The minimum absolute atomic E-state index is 0.360. The Labute approximate surface area is 99.0 Å². The second kappa shape index (κ2) is 5.48. The number of rotatable bonds is 6. The van der Waals surface area contributed by atoms with E-state index in [1.54, 1.807) is 6.92 Å². The van der Waals surface area contributed by atoms with Crippen LogP contribution in [-0.4, -0.2) is 17.1 Å². The molecule has 1 atom stereocenters. The zero-order chi connectivity index (χ0) is 13.0. The van der Waals surface area contributed by atoms with E-state index < -0.39 is 11.1 Å². The standard InChI is InChI=1S/C13H25NO2/c1-7-12(6,13(14,8-2)9-3)16-11(15)10(4)5/h4,7-9,14H2,1-3,5-6H3. The van der Waals surface area contributed by atoms with Gasteiger partial charge in [-0.15, -0.1) is 0 Å². The lowest BCUT2D eigenvalue weighted by Gasteiger charge is -2.44. The van der Waals surface area contributed by atoms with Gasteiger partial charge in [0.2, 0.25) is 0 Å². The molecule has 0 saturated carbocycles. The van der Waals surface area contributed by atoms with E-state index in [9.17, 15) is 4.79 Å². The van der Waals surface area contributed by atoms with Gasteiger partial charge in [0.15, 0.2) is 0 Å². The van der Waals surface area contributed by atoms with Crippen LogP contribution in [0.2, 0.25) is 0 Å². The summed E-state index contributed by atoms with van der Waals surface area (Å²) in [6.45, 7) is 13.2. The van der Waals surface area contributed by atoms with Crippen LogP contribution in [-0.2, 0) is 9.53 Å². The number of carbonyl (C=O) groups is 1. The normalized spacial score (nSPS) is 15.4. The van der Waals surface area contributed by atoms with Gasteiger partial charge < -0.3 is 10.5 Å². The summed E-state index contributed by atoms with van der Waals surface area (Å²) in [6.07, 6.45) is 2.25. The summed E-state index contributed by atoms with van der Waals surface area (Å²) in [4.78, 5) is 11.6. The van der Waals surface area contributed by atoms with Crippen molar-refractivity contribution >= 4 is 5.97 Å². The Balaban J connectivity index is 5.04. The second-order valence-electron chi connectivity index (χ2n) is 4.62. The molecule has 0 aromatic rings. The number of hydrogen-bond donors (Lipinski definition) is 1. The van der Waals surface area contributed by atoms with E-state index in [0.717, 1.165) is 12.8 Å². The predicted octanol–water partition coefficient (Wildman–Crippen LogP) is 2.79. The van der Waals surface area contributed by atoms with Gasteiger partial charge in [-0.3, -0.25) is 0 Å². The van der Waals surface area contributed by atoms with Gasteiger partial charge in [-0.25, -0.2) is 4.79 Å². The van der Waals surface area contributed by atoms with Crippen LogP contribution in [0, 0.1) is 0 Å². The molecule has 0 amide bonds. The monoisotopic (exact) mass is 227 g/mol. The van der Waals surface area contributed by atoms with Crippen LogP contribution in [0.1, 0.15) is 53.9 Å². The van der Waals surface area contributed by atoms with Crippen molar-refractivity contribution in [3.8, 4) is 0 Å². The largest absolute Gasteiger partial charge is 0.454 e. The summed E-state index contributed by atoms with van der Waals surface area (Å²) < 4.78 is 5.53. The second-order valence-corrected chi connectivity index (χ2v) is 4.62. The minimum Gasteiger partial charge on any atom is -0.454 e. The Morgan fingerprint density at radius 1 is 1.25 bits per heavy atom. The topological polar surface area (TPSA) is 52.3 Å². The lowest BCUT2D eigenvalue weighted by molar-refractivity contribution is -0.162. The van der Waals surface area contributed by atoms with E-state index in [1.165, 1.54) is 0 Å². The molecule has 2 N–H and O–H groups in total. The van der Waals surface area contributed by atoms with Gasteiger partial charge in [-0.2, -0.15) is 0 Å². The van der Waals surface area contributed by atoms with E-state index in [-0.39, 0.29) is 5.97 Å². The fraction of sp³-hybridized carbons (Fsp3) is 0.769. The maximum atomic E-state index is 11.6. The molecule has 3 heteroatoms. The van der Waals surface area contributed by atoms with Crippen LogP contribution in [0.4, 0.5) is 0 Å². The molecule has 0 radical (unpaired) electrons. The molecule has 0 rings (SSSR count). The zero-order valence-corrected chi connectivity index (χ0v) is 11.2. The van der Waals surface area contributed by atoms with Gasteiger partial charge in [0.25, 0.3) is 0 Å². The third-order valence-electron chi connectivity index (χ3n) is 3.66. The molecule has 0 fully saturated rings. The maximum absolute atomic E-state index is 11.6. The molecular weight excluding hydrogens is 202 g/mol. The first-order valence-electron chi connectivity index (χ1n) is 5.94. The van der Waals surface area contributed by atoms with Crippen molar-refractivity contribution in [1.29, 1.82) is 0 Å². The van der Waals surface area contributed by atoms with Crippen molar-refractivity contribution in [3.63, 3.8) is 0 Å². The zero-order valence-electron chi connectivity index (χ0n) is 11.2. The molecule has 0 aromatic heterocycles. The van der Waals surface area contributed by atoms with Gasteiger partial charge in [0, 0.05) is 5.57 Å². The lowest BCUT2D eigenvalue weighted by atomic mass is 9.75. The molecule has 16 heavy (non-hydrogen) atoms. The SMILES string of the molecule is C=C(C)C(=O)OC(C)(CC)C(N)(CC)CC. The van der Waals surface area contributed by atoms with Crippen LogP contribution < -0.4 is 5.73 Å². The van der Waals surface area contributed by atoms with Gasteiger partial charge in [-0.05, 0) is 33.1 Å². The van der Waals surface area contributed by atoms with E-state index in [1.807, 2.05) is 27.7 Å². The van der Waals surface area contributed by atoms with Crippen LogP contribution in [0.15, 0.2) is 12.2 Å². The molecule has 0 heterocycles. The van der Waals surface area contributed by atoms with E-state index in [2.05, 4.69) is 6.58 Å². The smallest absolute Gasteiger partial charge is 0.333 e. The van der Waals surface area contributed by atoms with Crippen molar-refractivity contribution in [1.82, 2.24) is 0 Å². The summed E-state index contributed by atoms with van der Waals surface area (Å²) in [5.41, 5.74) is 5.63. The molecule has 0 bridgehead atoms. The minimum atomic E-state index is -0.632. The Morgan fingerprint density at radius 3 is 1.94 bits per heavy atom. The summed E-state index contributed by atoms with van der Waals surface area (Å²) >= 11 is 0. The average molecular weight is 227 g/mol. The quantitative estimate of drug-likeness (QED) is 0.560. The van der Waals surface area contributed by atoms with E-state index in [0.29, 0.717) is 12.0 Å². The third kappa shape index (κ3) is 2.85. The van der Waals surface area contributed by atoms with Gasteiger partial charge in [0.05, 0.1) is 5.54 Å². The highest BCUT2D eigenvalue weighted by molar-refractivity contribution is 5.87. The van der Waals surface area contributed by atoms with Crippen molar-refractivity contribution in [2.75, 3.05) is 0 Å². The van der Waals surface area contributed by atoms with Crippen molar-refractivity contribution < 1.29 is 9.53 Å². The van der Waals surface area contributed by atoms with Crippen molar-refractivity contribution in [2.45, 2.75) is 65.0 Å². The number of esters is 1. The van der Waals surface area contributed by atoms with Crippen LogP contribution in [0.25, 0.3) is 0 Å². The molecular formula is C13H25NO2. The van der Waals surface area contributed by atoms with Gasteiger partial charge in [-0.1, -0.05) is 27.4 Å². The van der Waals surface area contributed by atoms with Crippen molar-refractivity contribution in [2.24, 2.45) is 5.73 Å². The molecule has 0 aromatic carbocycles. The molecule has 0 spiro atoms. The van der Waals surface area contributed by atoms with Crippen molar-refractivity contribution in [3.05, 3.63) is 12.2 Å². The first-order valence-corrected chi connectivity index (χ1v) is 5.94. The molecule has 0 saturated heterocycles. The number of hydrogen-bond acceptors (Lipinski definition) is 3. The fourth-order valence-electron chi connectivity index (χ4n) is 1.82. The van der Waals surface area contributed by atoms with E-state index in [4.69, 9.17) is 10.5 Å². The van der Waals surface area contributed by atoms with Gasteiger partial charge >= 0.3 is 5.97 Å². The van der Waals surface area contributed by atoms with Crippen LogP contribution in [0.5, 0.6) is 0 Å². The number of carbonyl (C=O) groups excluding carboxylic acids is 1. The number of ether oxygens (including phenoxy) is 1. The highest BCUT2D eigenvalue weighted by Gasteiger charge is 2.44. The van der Waals surface area contributed by atoms with Crippen LogP contribution >= 0.6 is 0 Å². The first-order chi connectivity index (χ1) is 7.26. The summed E-state index contributed by atoms with van der Waals surface area (Å²) in [7, 11) is 0. The molecule has 94 valence electrons. The maximum Gasteiger partial charge on any atom is 0.333 e. The van der Waals surface area contributed by atoms with Crippen LogP contribution in [0.3, 0.4) is 0 Å². The molecule has 3 nitrogen and oxygen atoms in total. The molecule has 1 unspecified atom stereocenters. The Kier molecular flexibility index (Phi) is 5.20. The Hall–Kier alpha value is -0.830. The van der Waals surface area contributed by atoms with E-state index >= 15 is 0 Å². The summed E-state index contributed by atoms with van der Waals surface area (Å²) in [6, 6.07) is 0.